The minimum atomic E-state index is 0.324. The van der Waals surface area contributed by atoms with Gasteiger partial charge in [0.2, 0.25) is 0 Å². The molecule has 56 valence electrons. The minimum absolute atomic E-state index is 0.324. The average molecular weight is 146 g/mol. The van der Waals surface area contributed by atoms with Crippen LogP contribution in [-0.2, 0) is 6.42 Å². The fraction of sp³-hybridized carbons (Fsp3) is 0.200. The first-order valence-electron chi connectivity index (χ1n) is 3.46. The first-order chi connectivity index (χ1) is 5.25. The van der Waals surface area contributed by atoms with E-state index in [1.807, 2.05) is 25.1 Å². The van der Waals surface area contributed by atoms with E-state index >= 15 is 0 Å². The third kappa shape index (κ3) is 1.53. The molecule has 0 aromatic heterocycles. The molecule has 0 spiro atoms. The summed E-state index contributed by atoms with van der Waals surface area (Å²) in [5, 5.41) is 9.43. The smallest absolute Gasteiger partial charge is 0.122 e. The van der Waals surface area contributed by atoms with Gasteiger partial charge >= 0.3 is 0 Å². The van der Waals surface area contributed by atoms with E-state index in [9.17, 15) is 5.11 Å². The van der Waals surface area contributed by atoms with Gasteiger partial charge in [-0.3, -0.25) is 0 Å². The number of para-hydroxylation sites is 1. The summed E-state index contributed by atoms with van der Waals surface area (Å²) in [5.41, 5.74) is 1.70. The first kappa shape index (κ1) is 7.68. The van der Waals surface area contributed by atoms with Crippen molar-refractivity contribution >= 4 is 0 Å². The molecular formula is C10H10O. The second-order valence-electron chi connectivity index (χ2n) is 2.46. The molecule has 1 N–H and O–H groups in total. The maximum absolute atomic E-state index is 9.43. The number of hydrogen-bond acceptors (Lipinski definition) is 1. The molecule has 0 aliphatic rings. The van der Waals surface area contributed by atoms with E-state index in [0.717, 1.165) is 11.1 Å². The van der Waals surface area contributed by atoms with Gasteiger partial charge in [-0.15, -0.1) is 12.3 Å². The molecule has 0 aliphatic heterocycles. The Balaban J connectivity index is 3.08. The van der Waals surface area contributed by atoms with Crippen molar-refractivity contribution in [2.75, 3.05) is 0 Å². The average Bonchev–Trinajstić information content (AvgIpc) is 1.99. The number of hydrogen-bond donors (Lipinski definition) is 1. The lowest BCUT2D eigenvalue weighted by Gasteiger charge is -2.02. The lowest BCUT2D eigenvalue weighted by molar-refractivity contribution is 0.466. The molecule has 1 aromatic carbocycles. The molecule has 0 unspecified atom stereocenters. The predicted molar refractivity (Wildman–Crippen MR) is 45.4 cm³/mol. The number of phenolic OH excluding ortho intramolecular Hbond substituents is 1. The van der Waals surface area contributed by atoms with Crippen LogP contribution in [0.25, 0.3) is 0 Å². The van der Waals surface area contributed by atoms with Crippen LogP contribution in [-0.4, -0.2) is 5.11 Å². The van der Waals surface area contributed by atoms with E-state index < -0.39 is 0 Å². The highest BCUT2D eigenvalue weighted by Gasteiger charge is 2.00. The first-order valence-corrected chi connectivity index (χ1v) is 3.46. The van der Waals surface area contributed by atoms with Gasteiger partial charge < -0.3 is 5.11 Å². The lowest BCUT2D eigenvalue weighted by Crippen LogP contribution is -1.84. The van der Waals surface area contributed by atoms with Gasteiger partial charge in [0.1, 0.15) is 5.75 Å². The van der Waals surface area contributed by atoms with Gasteiger partial charge in [0.25, 0.3) is 0 Å². The minimum Gasteiger partial charge on any atom is -0.507 e. The molecule has 0 saturated carbocycles. The summed E-state index contributed by atoms with van der Waals surface area (Å²) in [6.07, 6.45) is 5.61. The molecule has 0 saturated heterocycles. The van der Waals surface area contributed by atoms with Crippen molar-refractivity contribution < 1.29 is 5.11 Å². The maximum atomic E-state index is 9.43. The van der Waals surface area contributed by atoms with Crippen LogP contribution in [0.2, 0.25) is 0 Å². The zero-order valence-electron chi connectivity index (χ0n) is 6.46. The molecule has 0 amide bonds. The highest BCUT2D eigenvalue weighted by atomic mass is 16.3. The number of aromatic hydroxyl groups is 1. The summed E-state index contributed by atoms with van der Waals surface area (Å²) in [5.74, 6) is 2.82. The number of benzene rings is 1. The highest BCUT2D eigenvalue weighted by Crippen LogP contribution is 2.21. The van der Waals surface area contributed by atoms with E-state index in [-0.39, 0.29) is 0 Å². The fourth-order valence-corrected chi connectivity index (χ4v) is 0.972. The Hall–Kier alpha value is -1.42. The predicted octanol–water partition coefficient (Wildman–Crippen LogP) is 1.88. The van der Waals surface area contributed by atoms with Crippen molar-refractivity contribution in [1.82, 2.24) is 0 Å². The van der Waals surface area contributed by atoms with E-state index in [1.165, 1.54) is 0 Å². The van der Waals surface area contributed by atoms with Gasteiger partial charge in [0.05, 0.1) is 0 Å². The molecule has 0 bridgehead atoms. The van der Waals surface area contributed by atoms with E-state index in [0.29, 0.717) is 12.2 Å². The summed E-state index contributed by atoms with van der Waals surface area (Å²) in [6, 6.07) is 5.58. The Bertz CT molecular complexity index is 294. The van der Waals surface area contributed by atoms with Crippen LogP contribution in [0.15, 0.2) is 18.2 Å². The standard InChI is InChI=1S/C10H10O/c1-3-5-9-7-4-6-8(2)10(9)11/h1,4,6-7,11H,5H2,2H3. The third-order valence-electron chi connectivity index (χ3n) is 1.61. The van der Waals surface area contributed by atoms with Crippen molar-refractivity contribution in [3.05, 3.63) is 29.3 Å². The molecular weight excluding hydrogens is 136 g/mol. The van der Waals surface area contributed by atoms with E-state index in [4.69, 9.17) is 6.42 Å². The summed E-state index contributed by atoms with van der Waals surface area (Å²) in [4.78, 5) is 0. The molecule has 1 nitrogen and oxygen atoms in total. The molecule has 11 heavy (non-hydrogen) atoms. The molecule has 1 rings (SSSR count). The van der Waals surface area contributed by atoms with Gasteiger partial charge in [-0.1, -0.05) is 18.2 Å². The molecule has 1 aromatic rings. The van der Waals surface area contributed by atoms with Crippen molar-refractivity contribution in [2.45, 2.75) is 13.3 Å². The van der Waals surface area contributed by atoms with Gasteiger partial charge in [0.15, 0.2) is 0 Å². The van der Waals surface area contributed by atoms with Crippen LogP contribution >= 0.6 is 0 Å². The number of aryl methyl sites for hydroxylation is 1. The number of rotatable bonds is 1. The van der Waals surface area contributed by atoms with E-state index in [2.05, 4.69) is 5.92 Å². The molecule has 0 aliphatic carbocycles. The summed E-state index contributed by atoms with van der Waals surface area (Å²) >= 11 is 0. The van der Waals surface area contributed by atoms with E-state index in [1.54, 1.807) is 0 Å². The Kier molecular flexibility index (Phi) is 2.18. The molecule has 0 heterocycles. The maximum Gasteiger partial charge on any atom is 0.122 e. The highest BCUT2D eigenvalue weighted by molar-refractivity contribution is 5.40. The van der Waals surface area contributed by atoms with Gasteiger partial charge in [-0.25, -0.2) is 0 Å². The normalized spacial score (nSPS) is 9.09. The van der Waals surface area contributed by atoms with Crippen LogP contribution in [0.4, 0.5) is 0 Å². The SMILES string of the molecule is C#CCc1cccc(C)c1O. The van der Waals surface area contributed by atoms with Gasteiger partial charge in [-0.05, 0) is 12.5 Å². The van der Waals surface area contributed by atoms with Crippen LogP contribution in [0.3, 0.4) is 0 Å². The van der Waals surface area contributed by atoms with Gasteiger partial charge in [-0.2, -0.15) is 0 Å². The van der Waals surface area contributed by atoms with Crippen LogP contribution in [0, 0.1) is 19.3 Å². The summed E-state index contributed by atoms with van der Waals surface area (Å²) < 4.78 is 0. The summed E-state index contributed by atoms with van der Waals surface area (Å²) in [7, 11) is 0. The number of terminal acetylenes is 1. The largest absolute Gasteiger partial charge is 0.507 e. The molecule has 0 fully saturated rings. The molecule has 1 heteroatoms. The van der Waals surface area contributed by atoms with Crippen molar-refractivity contribution in [3.8, 4) is 18.1 Å². The number of phenols is 1. The van der Waals surface area contributed by atoms with Crippen LogP contribution in [0.1, 0.15) is 11.1 Å². The van der Waals surface area contributed by atoms with Gasteiger partial charge in [0, 0.05) is 12.0 Å². The van der Waals surface area contributed by atoms with Crippen LogP contribution < -0.4 is 0 Å². The van der Waals surface area contributed by atoms with Crippen molar-refractivity contribution in [1.29, 1.82) is 0 Å². The van der Waals surface area contributed by atoms with Crippen molar-refractivity contribution in [2.24, 2.45) is 0 Å². The topological polar surface area (TPSA) is 20.2 Å². The Labute approximate surface area is 66.7 Å². The third-order valence-corrected chi connectivity index (χ3v) is 1.61. The Morgan fingerprint density at radius 2 is 2.27 bits per heavy atom. The van der Waals surface area contributed by atoms with Crippen molar-refractivity contribution in [3.63, 3.8) is 0 Å². The fourth-order valence-electron chi connectivity index (χ4n) is 0.972. The molecule has 0 radical (unpaired) electrons. The quantitative estimate of drug-likeness (QED) is 0.600. The zero-order chi connectivity index (χ0) is 8.27. The zero-order valence-corrected chi connectivity index (χ0v) is 6.46. The lowest BCUT2D eigenvalue weighted by atomic mass is 10.1. The Morgan fingerprint density at radius 1 is 1.55 bits per heavy atom. The summed E-state index contributed by atoms with van der Waals surface area (Å²) in [6.45, 7) is 1.86. The monoisotopic (exact) mass is 146 g/mol. The van der Waals surface area contributed by atoms with Crippen LogP contribution in [0.5, 0.6) is 5.75 Å². The second-order valence-corrected chi connectivity index (χ2v) is 2.46. The Morgan fingerprint density at radius 3 is 2.91 bits per heavy atom. The second kappa shape index (κ2) is 3.12. The molecule has 0 atom stereocenters.